The van der Waals surface area contributed by atoms with E-state index in [1.165, 1.54) is 38.2 Å². The molecule has 1 aliphatic rings. The average Bonchev–Trinajstić information content (AvgIpc) is 2.46. The lowest BCUT2D eigenvalue weighted by Gasteiger charge is -2.25. The molecule has 0 saturated carbocycles. The zero-order valence-electron chi connectivity index (χ0n) is 12.0. The molecule has 0 fully saturated rings. The van der Waals surface area contributed by atoms with Gasteiger partial charge >= 0.3 is 0 Å². The number of rotatable bonds is 0. The van der Waals surface area contributed by atoms with Gasteiger partial charge in [0.25, 0.3) is 0 Å². The van der Waals surface area contributed by atoms with Crippen LogP contribution in [0.5, 0.6) is 0 Å². The van der Waals surface area contributed by atoms with Crippen molar-refractivity contribution in [2.75, 3.05) is 6.66 Å². The third-order valence-corrected chi connectivity index (χ3v) is 6.53. The first-order valence-electron chi connectivity index (χ1n) is 6.93. The van der Waals surface area contributed by atoms with Gasteiger partial charge in [0.1, 0.15) is 7.05 Å². The predicted molar refractivity (Wildman–Crippen MR) is 87.4 cm³/mol. The molecular weight excluding hydrogens is 261 g/mol. The van der Waals surface area contributed by atoms with Crippen LogP contribution in [0.1, 0.15) is 5.56 Å². The summed E-state index contributed by atoms with van der Waals surface area (Å²) >= 11 is 0. The summed E-state index contributed by atoms with van der Waals surface area (Å²) in [6.45, 7) is 4.61. The van der Waals surface area contributed by atoms with Crippen LogP contribution in [0.3, 0.4) is 0 Å². The van der Waals surface area contributed by atoms with E-state index in [1.807, 2.05) is 0 Å². The largest absolute Gasteiger partial charge is 0.221 e. The van der Waals surface area contributed by atoms with Crippen molar-refractivity contribution in [3.05, 3.63) is 54.2 Å². The second kappa shape index (κ2) is 4.14. The van der Waals surface area contributed by atoms with E-state index < -0.39 is 0 Å². The molecule has 1 nitrogen and oxygen atoms in total. The highest BCUT2D eigenvalue weighted by Crippen LogP contribution is 2.43. The lowest BCUT2D eigenvalue weighted by Crippen LogP contribution is -2.38. The number of hydrogen-bond donors (Lipinski definition) is 0. The van der Waals surface area contributed by atoms with Gasteiger partial charge in [0.15, 0.2) is 6.20 Å². The Balaban J connectivity index is 2.29. The molecule has 2 heteroatoms. The minimum atomic E-state index is -0.262. The van der Waals surface area contributed by atoms with E-state index in [-0.39, 0.29) is 7.92 Å². The fourth-order valence-electron chi connectivity index (χ4n) is 3.35. The van der Waals surface area contributed by atoms with Crippen LogP contribution in [0.4, 0.5) is 0 Å². The van der Waals surface area contributed by atoms with E-state index in [1.54, 1.807) is 0 Å². The van der Waals surface area contributed by atoms with Crippen molar-refractivity contribution < 1.29 is 4.57 Å². The Hall–Kier alpha value is -1.72. The minimum absolute atomic E-state index is 0.262. The molecule has 0 aliphatic carbocycles. The molecule has 1 atom stereocenters. The Morgan fingerprint density at radius 3 is 2.60 bits per heavy atom. The molecule has 0 radical (unpaired) electrons. The normalized spacial score (nSPS) is 16.2. The van der Waals surface area contributed by atoms with Gasteiger partial charge in [-0.15, -0.1) is 0 Å². The summed E-state index contributed by atoms with van der Waals surface area (Å²) in [7, 11) is 1.90. The van der Waals surface area contributed by atoms with Gasteiger partial charge in [-0.25, -0.2) is 4.57 Å². The molecule has 4 rings (SSSR count). The minimum Gasteiger partial charge on any atom is -0.200 e. The highest BCUT2D eigenvalue weighted by molar-refractivity contribution is 7.73. The molecule has 0 saturated heterocycles. The molecule has 0 amide bonds. The molecular formula is C18H17NP+. The Labute approximate surface area is 120 Å². The molecule has 0 N–H and O–H groups in total. The molecule has 1 aliphatic heterocycles. The Bertz CT molecular complexity index is 851. The first kappa shape index (κ1) is 12.1. The van der Waals surface area contributed by atoms with Gasteiger partial charge in [0, 0.05) is 11.5 Å². The maximum atomic E-state index is 2.38. The molecule has 1 aromatic heterocycles. The van der Waals surface area contributed by atoms with Crippen molar-refractivity contribution in [1.82, 2.24) is 0 Å². The predicted octanol–water partition coefficient (Wildman–Crippen LogP) is 3.02. The van der Waals surface area contributed by atoms with Crippen LogP contribution in [-0.2, 0) is 7.05 Å². The maximum Gasteiger partial charge on any atom is 0.221 e. The maximum absolute atomic E-state index is 2.38. The number of aromatic nitrogens is 1. The van der Waals surface area contributed by atoms with E-state index >= 15 is 0 Å². The zero-order chi connectivity index (χ0) is 13.9. The second-order valence-corrected chi connectivity index (χ2v) is 7.63. The molecule has 1 unspecified atom stereocenters. The molecule has 2 aromatic carbocycles. The van der Waals surface area contributed by atoms with Crippen molar-refractivity contribution >= 4 is 29.3 Å². The van der Waals surface area contributed by atoms with Crippen LogP contribution in [-0.4, -0.2) is 6.66 Å². The molecule has 98 valence electrons. The fraction of sp³-hybridized carbons (Fsp3) is 0.167. The van der Waals surface area contributed by atoms with Gasteiger partial charge in [-0.3, -0.25) is 0 Å². The number of aryl methyl sites for hydroxylation is 2. The summed E-state index contributed by atoms with van der Waals surface area (Å²) in [4.78, 5) is 0. The van der Waals surface area contributed by atoms with E-state index in [0.29, 0.717) is 0 Å². The van der Waals surface area contributed by atoms with E-state index in [9.17, 15) is 0 Å². The van der Waals surface area contributed by atoms with Gasteiger partial charge < -0.3 is 0 Å². The van der Waals surface area contributed by atoms with Crippen LogP contribution in [0.15, 0.2) is 48.7 Å². The van der Waals surface area contributed by atoms with E-state index in [4.69, 9.17) is 0 Å². The van der Waals surface area contributed by atoms with Crippen molar-refractivity contribution in [1.29, 1.82) is 0 Å². The van der Waals surface area contributed by atoms with Crippen LogP contribution >= 0.6 is 7.92 Å². The smallest absolute Gasteiger partial charge is 0.200 e. The molecule has 20 heavy (non-hydrogen) atoms. The SMILES string of the molecule is Cc1ccc2cccc3c2c1-c1c(ccc[n+]1C)P3C. The number of fused-ring (bicyclic) bond motifs is 2. The van der Waals surface area contributed by atoms with Crippen LogP contribution < -0.4 is 15.2 Å². The summed E-state index contributed by atoms with van der Waals surface area (Å²) in [5.41, 5.74) is 4.20. The summed E-state index contributed by atoms with van der Waals surface area (Å²) in [5, 5.41) is 5.86. The quantitative estimate of drug-likeness (QED) is 0.439. The van der Waals surface area contributed by atoms with Gasteiger partial charge in [0.05, 0.1) is 10.9 Å². The van der Waals surface area contributed by atoms with Gasteiger partial charge in [0.2, 0.25) is 5.69 Å². The lowest BCUT2D eigenvalue weighted by molar-refractivity contribution is -0.659. The zero-order valence-corrected chi connectivity index (χ0v) is 12.9. The number of nitrogens with zero attached hydrogens (tertiary/aromatic N) is 1. The Morgan fingerprint density at radius 2 is 1.75 bits per heavy atom. The fourth-order valence-corrected chi connectivity index (χ4v) is 5.39. The topological polar surface area (TPSA) is 3.88 Å². The average molecular weight is 278 g/mol. The van der Waals surface area contributed by atoms with E-state index in [2.05, 4.69) is 73.9 Å². The second-order valence-electron chi connectivity index (χ2n) is 5.54. The van der Waals surface area contributed by atoms with Crippen LogP contribution in [0.25, 0.3) is 22.0 Å². The highest BCUT2D eigenvalue weighted by Gasteiger charge is 2.30. The standard InChI is InChI=1S/C18H17NP/c1-12-9-10-13-6-4-7-14-17(13)16(12)18-15(20(14)3)8-5-11-19(18)2/h4-11H,1-3H3/q+1. The third-order valence-electron chi connectivity index (χ3n) is 4.35. The van der Waals surface area contributed by atoms with Gasteiger partial charge in [-0.2, -0.15) is 0 Å². The third kappa shape index (κ3) is 1.45. The van der Waals surface area contributed by atoms with Crippen molar-refractivity contribution in [2.24, 2.45) is 7.05 Å². The molecule has 0 bridgehead atoms. The number of pyridine rings is 1. The first-order valence-corrected chi connectivity index (χ1v) is 8.72. The monoisotopic (exact) mass is 278 g/mol. The molecule has 0 spiro atoms. The highest BCUT2D eigenvalue weighted by atomic mass is 31.1. The van der Waals surface area contributed by atoms with Crippen LogP contribution in [0.2, 0.25) is 0 Å². The first-order chi connectivity index (χ1) is 9.68. The Kier molecular flexibility index (Phi) is 2.49. The summed E-state index contributed by atoms with van der Waals surface area (Å²) in [6, 6.07) is 15.7. The molecule has 2 heterocycles. The molecule has 3 aromatic rings. The summed E-state index contributed by atoms with van der Waals surface area (Å²) in [5.74, 6) is 0. The lowest BCUT2D eigenvalue weighted by atomic mass is 9.96. The Morgan fingerprint density at radius 1 is 0.950 bits per heavy atom. The van der Waals surface area contributed by atoms with Crippen molar-refractivity contribution in [2.45, 2.75) is 6.92 Å². The van der Waals surface area contributed by atoms with Gasteiger partial charge in [-0.1, -0.05) is 30.3 Å². The van der Waals surface area contributed by atoms with Crippen molar-refractivity contribution in [3.63, 3.8) is 0 Å². The number of hydrogen-bond acceptors (Lipinski definition) is 0. The van der Waals surface area contributed by atoms with Crippen molar-refractivity contribution in [3.8, 4) is 11.3 Å². The summed E-state index contributed by atoms with van der Waals surface area (Å²) < 4.78 is 2.28. The number of benzene rings is 2. The van der Waals surface area contributed by atoms with E-state index in [0.717, 1.165) is 0 Å². The van der Waals surface area contributed by atoms with Crippen LogP contribution in [0, 0.1) is 6.92 Å². The van der Waals surface area contributed by atoms with Gasteiger partial charge in [-0.05, 0) is 43.8 Å². The summed E-state index contributed by atoms with van der Waals surface area (Å²) in [6.07, 6.45) is 2.16.